The molecule has 0 saturated carbocycles. The van der Waals surface area contributed by atoms with Crippen LogP contribution in [-0.2, 0) is 4.74 Å². The van der Waals surface area contributed by atoms with E-state index in [2.05, 4.69) is 55.4 Å². The van der Waals surface area contributed by atoms with Crippen molar-refractivity contribution in [2.24, 2.45) is 22.7 Å². The maximum absolute atomic E-state index is 6.30. The van der Waals surface area contributed by atoms with Crippen LogP contribution in [0.2, 0.25) is 0 Å². The third kappa shape index (κ3) is 3.00. The zero-order valence-electron chi connectivity index (χ0n) is 12.4. The van der Waals surface area contributed by atoms with Crippen LogP contribution < -0.4 is 0 Å². The Morgan fingerprint density at radius 1 is 0.875 bits per heavy atom. The molecule has 0 radical (unpaired) electrons. The molecule has 0 spiro atoms. The van der Waals surface area contributed by atoms with Gasteiger partial charge in [-0.3, -0.25) is 0 Å². The lowest BCUT2D eigenvalue weighted by atomic mass is 9.68. The molecule has 1 rings (SSSR count). The molecule has 0 aliphatic carbocycles. The van der Waals surface area contributed by atoms with Gasteiger partial charge in [-0.15, -0.1) is 0 Å². The first-order valence-electron chi connectivity index (χ1n) is 6.69. The monoisotopic (exact) mass is 226 g/mol. The Morgan fingerprint density at radius 3 is 1.75 bits per heavy atom. The lowest BCUT2D eigenvalue weighted by molar-refractivity contribution is -0.163. The van der Waals surface area contributed by atoms with Gasteiger partial charge in [0.2, 0.25) is 0 Å². The number of rotatable bonds is 0. The molecule has 96 valence electrons. The summed E-state index contributed by atoms with van der Waals surface area (Å²) in [5.41, 5.74) is 0.618. The summed E-state index contributed by atoms with van der Waals surface area (Å²) in [6.07, 6.45) is 2.09. The van der Waals surface area contributed by atoms with Crippen molar-refractivity contribution in [2.75, 3.05) is 0 Å². The molecular weight excluding hydrogens is 196 g/mol. The van der Waals surface area contributed by atoms with E-state index in [-0.39, 0.29) is 5.41 Å². The van der Waals surface area contributed by atoms with E-state index in [9.17, 15) is 0 Å². The number of hydrogen-bond acceptors (Lipinski definition) is 1. The number of ether oxygens (including phenoxy) is 1. The van der Waals surface area contributed by atoms with Gasteiger partial charge in [-0.1, -0.05) is 48.5 Å². The van der Waals surface area contributed by atoms with Gasteiger partial charge in [0.15, 0.2) is 0 Å². The van der Waals surface area contributed by atoms with E-state index in [0.717, 1.165) is 0 Å². The normalized spacial score (nSPS) is 37.5. The fourth-order valence-corrected chi connectivity index (χ4v) is 3.29. The molecule has 0 aromatic heterocycles. The number of hydrogen-bond donors (Lipinski definition) is 0. The van der Waals surface area contributed by atoms with Crippen LogP contribution in [0, 0.1) is 22.7 Å². The minimum absolute atomic E-state index is 0.260. The SMILES string of the molecule is C[C@H]1C[C@@H](C(C)(C)C)[C@@H](C)O[C@H]1C(C)(C)C. The first-order chi connectivity index (χ1) is 7.03. The van der Waals surface area contributed by atoms with E-state index in [1.54, 1.807) is 0 Å². The highest BCUT2D eigenvalue weighted by atomic mass is 16.5. The van der Waals surface area contributed by atoms with Gasteiger partial charge in [0.25, 0.3) is 0 Å². The Labute approximate surface area is 102 Å². The molecule has 0 aromatic carbocycles. The summed E-state index contributed by atoms with van der Waals surface area (Å²) in [7, 11) is 0. The molecule has 1 heteroatoms. The highest BCUT2D eigenvalue weighted by Crippen LogP contribution is 2.44. The molecule has 0 bridgehead atoms. The summed E-state index contributed by atoms with van der Waals surface area (Å²) < 4.78 is 6.30. The van der Waals surface area contributed by atoms with Gasteiger partial charge in [0.1, 0.15) is 0 Å². The Hall–Kier alpha value is -0.0400. The van der Waals surface area contributed by atoms with Crippen LogP contribution in [0.3, 0.4) is 0 Å². The van der Waals surface area contributed by atoms with Gasteiger partial charge in [0, 0.05) is 0 Å². The van der Waals surface area contributed by atoms with E-state index in [0.29, 0.717) is 29.5 Å². The zero-order valence-corrected chi connectivity index (χ0v) is 12.4. The topological polar surface area (TPSA) is 9.23 Å². The molecule has 0 unspecified atom stereocenters. The van der Waals surface area contributed by atoms with Gasteiger partial charge in [-0.05, 0) is 36.0 Å². The molecule has 4 atom stereocenters. The highest BCUT2D eigenvalue weighted by Gasteiger charge is 2.43. The van der Waals surface area contributed by atoms with Crippen molar-refractivity contribution in [2.45, 2.75) is 74.0 Å². The minimum atomic E-state index is 0.260. The predicted octanol–water partition coefficient (Wildman–Crippen LogP) is 4.51. The Balaban J connectivity index is 2.79. The summed E-state index contributed by atoms with van der Waals surface area (Å²) >= 11 is 0. The predicted molar refractivity (Wildman–Crippen MR) is 70.5 cm³/mol. The summed E-state index contributed by atoms with van der Waals surface area (Å²) in [5.74, 6) is 1.35. The fraction of sp³-hybridized carbons (Fsp3) is 1.00. The molecule has 1 heterocycles. The van der Waals surface area contributed by atoms with Crippen LogP contribution in [-0.4, -0.2) is 12.2 Å². The lowest BCUT2D eigenvalue weighted by Gasteiger charge is -2.48. The van der Waals surface area contributed by atoms with Gasteiger partial charge < -0.3 is 4.74 Å². The molecule has 16 heavy (non-hydrogen) atoms. The van der Waals surface area contributed by atoms with Crippen LogP contribution in [0.1, 0.15) is 61.8 Å². The third-order valence-electron chi connectivity index (χ3n) is 4.04. The second kappa shape index (κ2) is 4.33. The molecule has 0 N–H and O–H groups in total. The second-order valence-electron chi connectivity index (χ2n) is 7.81. The van der Waals surface area contributed by atoms with E-state index >= 15 is 0 Å². The van der Waals surface area contributed by atoms with Crippen molar-refractivity contribution in [3.8, 4) is 0 Å². The summed E-state index contributed by atoms with van der Waals surface area (Å²) in [6, 6.07) is 0. The summed E-state index contributed by atoms with van der Waals surface area (Å²) in [6.45, 7) is 18.5. The molecule has 1 fully saturated rings. The smallest absolute Gasteiger partial charge is 0.0652 e. The highest BCUT2D eigenvalue weighted by molar-refractivity contribution is 4.91. The van der Waals surface area contributed by atoms with Crippen LogP contribution >= 0.6 is 0 Å². The average molecular weight is 226 g/mol. The maximum atomic E-state index is 6.30. The van der Waals surface area contributed by atoms with Crippen LogP contribution in [0.15, 0.2) is 0 Å². The van der Waals surface area contributed by atoms with Crippen molar-refractivity contribution >= 4 is 0 Å². The van der Waals surface area contributed by atoms with E-state index < -0.39 is 0 Å². The molecular formula is C15H30O. The second-order valence-corrected chi connectivity index (χ2v) is 7.81. The lowest BCUT2D eigenvalue weighted by Crippen LogP contribution is -2.48. The third-order valence-corrected chi connectivity index (χ3v) is 4.04. The zero-order chi connectivity index (χ0) is 12.7. The maximum Gasteiger partial charge on any atom is 0.0652 e. The van der Waals surface area contributed by atoms with Gasteiger partial charge >= 0.3 is 0 Å². The molecule has 1 saturated heterocycles. The van der Waals surface area contributed by atoms with E-state index in [1.807, 2.05) is 0 Å². The molecule has 1 nitrogen and oxygen atoms in total. The van der Waals surface area contributed by atoms with E-state index in [1.165, 1.54) is 6.42 Å². The van der Waals surface area contributed by atoms with Gasteiger partial charge in [0.05, 0.1) is 12.2 Å². The molecule has 1 aliphatic rings. The average Bonchev–Trinajstić information content (AvgIpc) is 2.04. The van der Waals surface area contributed by atoms with Crippen molar-refractivity contribution in [1.82, 2.24) is 0 Å². The minimum Gasteiger partial charge on any atom is -0.374 e. The Kier molecular flexibility index (Phi) is 3.79. The van der Waals surface area contributed by atoms with Crippen molar-refractivity contribution in [3.05, 3.63) is 0 Å². The quantitative estimate of drug-likeness (QED) is 0.590. The van der Waals surface area contributed by atoms with Crippen LogP contribution in [0.4, 0.5) is 0 Å². The largest absolute Gasteiger partial charge is 0.374 e. The molecule has 1 aliphatic heterocycles. The van der Waals surface area contributed by atoms with Crippen molar-refractivity contribution in [3.63, 3.8) is 0 Å². The summed E-state index contributed by atoms with van der Waals surface area (Å²) in [4.78, 5) is 0. The fourth-order valence-electron chi connectivity index (χ4n) is 3.29. The van der Waals surface area contributed by atoms with Crippen molar-refractivity contribution in [1.29, 1.82) is 0 Å². The molecule has 0 aromatic rings. The van der Waals surface area contributed by atoms with Crippen LogP contribution in [0.5, 0.6) is 0 Å². The van der Waals surface area contributed by atoms with Gasteiger partial charge in [-0.2, -0.15) is 0 Å². The van der Waals surface area contributed by atoms with Gasteiger partial charge in [-0.25, -0.2) is 0 Å². The molecule has 0 amide bonds. The first kappa shape index (κ1) is 14.0. The standard InChI is InChI=1S/C15H30O/c1-10-9-12(14(3,4)5)11(2)16-13(10)15(6,7)8/h10-13H,9H2,1-8H3/t10-,11+,12+,13+/m0/s1. The van der Waals surface area contributed by atoms with Crippen molar-refractivity contribution < 1.29 is 4.74 Å². The Morgan fingerprint density at radius 2 is 1.38 bits per heavy atom. The first-order valence-corrected chi connectivity index (χ1v) is 6.69. The summed E-state index contributed by atoms with van der Waals surface area (Å²) in [5, 5.41) is 0. The Bertz CT molecular complexity index is 205. The van der Waals surface area contributed by atoms with Crippen LogP contribution in [0.25, 0.3) is 0 Å². The van der Waals surface area contributed by atoms with E-state index in [4.69, 9.17) is 4.74 Å².